The molecule has 1 aromatic heterocycles. The maximum absolute atomic E-state index is 12.2. The number of ether oxygens (including phenoxy) is 2. The molecule has 4 atom stereocenters. The molecule has 3 rings (SSSR count). The number of benzene rings is 1. The molecule has 4 unspecified atom stereocenters. The van der Waals surface area contributed by atoms with Gasteiger partial charge in [0.05, 0.1) is 41.7 Å². The molecule has 2 aromatic rings. The summed E-state index contributed by atoms with van der Waals surface area (Å²) in [6, 6.07) is 6.28. The molecule has 1 saturated heterocycles. The topological polar surface area (TPSA) is 157 Å². The van der Waals surface area contributed by atoms with Crippen LogP contribution in [0, 0.1) is 0 Å². The maximum Gasteiger partial charge on any atom is 0.434 e. The van der Waals surface area contributed by atoms with Crippen LogP contribution >= 0.6 is 0 Å². The van der Waals surface area contributed by atoms with Gasteiger partial charge in [0.1, 0.15) is 22.9 Å². The number of anilines is 1. The van der Waals surface area contributed by atoms with Gasteiger partial charge in [-0.05, 0) is 37.1 Å². The van der Waals surface area contributed by atoms with Gasteiger partial charge in [0.15, 0.2) is 5.69 Å². The highest BCUT2D eigenvalue weighted by atomic mass is 32.2. The number of hydrogen-bond acceptors (Lipinski definition) is 9. The second-order valence-corrected chi connectivity index (χ2v) is 8.66. The molecule has 1 fully saturated rings. The first-order valence-electron chi connectivity index (χ1n) is 10.6. The number of alkyl halides is 3. The van der Waals surface area contributed by atoms with Crippen molar-refractivity contribution in [2.24, 2.45) is 0 Å². The molecule has 0 bridgehead atoms. The van der Waals surface area contributed by atoms with E-state index in [1.807, 2.05) is 6.92 Å². The minimum Gasteiger partial charge on any atom is -0.462 e. The summed E-state index contributed by atoms with van der Waals surface area (Å²) < 4.78 is 60.8. The molecule has 0 radical (unpaired) electrons. The van der Waals surface area contributed by atoms with E-state index >= 15 is 0 Å². The zero-order chi connectivity index (χ0) is 26.0. The monoisotopic (exact) mass is 520 g/mol. The lowest BCUT2D eigenvalue weighted by Crippen LogP contribution is -2.49. The second kappa shape index (κ2) is 13.4. The number of rotatable bonds is 7. The van der Waals surface area contributed by atoms with Crippen LogP contribution in [0.1, 0.15) is 35.8 Å². The Hall–Kier alpha value is -2.65. The summed E-state index contributed by atoms with van der Waals surface area (Å²) in [5, 5.41) is 19.4. The van der Waals surface area contributed by atoms with Crippen molar-refractivity contribution >= 4 is 22.8 Å². The van der Waals surface area contributed by atoms with Gasteiger partial charge < -0.3 is 25.4 Å². The van der Waals surface area contributed by atoms with Gasteiger partial charge >= 0.3 is 12.1 Å². The van der Waals surface area contributed by atoms with Crippen molar-refractivity contribution in [2.45, 2.75) is 49.1 Å². The molecule has 0 saturated carbocycles. The third-order valence-corrected chi connectivity index (χ3v) is 5.75. The average molecular weight is 521 g/mol. The van der Waals surface area contributed by atoms with Crippen molar-refractivity contribution in [3.63, 3.8) is 0 Å². The summed E-state index contributed by atoms with van der Waals surface area (Å²) in [4.78, 5) is 18.5. The number of carbonyl (C=O) groups excluding carboxylic acids is 1. The van der Waals surface area contributed by atoms with Crippen LogP contribution in [-0.4, -0.2) is 68.4 Å². The highest BCUT2D eigenvalue weighted by molar-refractivity contribution is 7.83. The first-order valence-corrected chi connectivity index (χ1v) is 11.7. The van der Waals surface area contributed by atoms with Crippen molar-refractivity contribution in [2.75, 3.05) is 25.5 Å². The van der Waals surface area contributed by atoms with Crippen molar-refractivity contribution in [1.29, 1.82) is 0 Å². The number of hydrogen-bond donors (Lipinski definition) is 4. The van der Waals surface area contributed by atoms with Crippen LogP contribution in [0.2, 0.25) is 0 Å². The molecule has 194 valence electrons. The summed E-state index contributed by atoms with van der Waals surface area (Å²) >= 11 is 0. The average Bonchev–Trinajstić information content (AvgIpc) is 2.83. The summed E-state index contributed by atoms with van der Waals surface area (Å²) in [5.74, 6) is -0.644. The van der Waals surface area contributed by atoms with Crippen LogP contribution in [0.3, 0.4) is 0 Å². The predicted octanol–water partition coefficient (Wildman–Crippen LogP) is 1.45. The van der Waals surface area contributed by atoms with Gasteiger partial charge in [-0.25, -0.2) is 18.7 Å². The molecule has 5 N–H and O–H groups in total. The van der Waals surface area contributed by atoms with Gasteiger partial charge in [-0.3, -0.25) is 4.98 Å². The van der Waals surface area contributed by atoms with Crippen LogP contribution in [0.25, 0.3) is 0 Å². The van der Waals surface area contributed by atoms with E-state index in [-0.39, 0.29) is 12.4 Å². The maximum atomic E-state index is 12.2. The smallest absolute Gasteiger partial charge is 0.434 e. The third-order valence-electron chi connectivity index (χ3n) is 4.62. The van der Waals surface area contributed by atoms with E-state index in [9.17, 15) is 32.4 Å². The molecule has 0 spiro atoms. The Morgan fingerprint density at radius 2 is 1.97 bits per heavy atom. The van der Waals surface area contributed by atoms with Crippen molar-refractivity contribution in [3.8, 4) is 0 Å². The minimum absolute atomic E-state index is 0.144. The van der Waals surface area contributed by atoms with Crippen molar-refractivity contribution < 1.29 is 41.9 Å². The molecule has 1 aliphatic rings. The highest BCUT2D eigenvalue weighted by Crippen LogP contribution is 2.26. The minimum atomic E-state index is -4.47. The molecule has 0 aliphatic carbocycles. The van der Waals surface area contributed by atoms with Crippen molar-refractivity contribution in [3.05, 3.63) is 47.9 Å². The number of halogens is 3. The number of nitrogens with two attached hydrogens (primary N) is 1. The second-order valence-electron chi connectivity index (χ2n) is 7.36. The van der Waals surface area contributed by atoms with E-state index in [4.69, 9.17) is 15.2 Å². The molecule has 1 aromatic carbocycles. The molecule has 0 amide bonds. The van der Waals surface area contributed by atoms with Crippen molar-refractivity contribution in [1.82, 2.24) is 14.7 Å². The SMILES string of the molecule is CCCOC(=O)c1ccc(S(=O)NCC2OCCC(O)C2O)cc1.Nc1cncc(C(F)(F)F)n1. The number of nitrogen functional groups attached to an aromatic ring is 1. The largest absolute Gasteiger partial charge is 0.462 e. The van der Waals surface area contributed by atoms with E-state index in [2.05, 4.69) is 14.7 Å². The number of carbonyl (C=O) groups is 1. The first-order chi connectivity index (χ1) is 16.5. The summed E-state index contributed by atoms with van der Waals surface area (Å²) in [5.41, 5.74) is 4.31. The van der Waals surface area contributed by atoms with Crippen LogP contribution in [0.5, 0.6) is 0 Å². The molecule has 2 heterocycles. The van der Waals surface area contributed by atoms with E-state index in [0.29, 0.717) is 36.3 Å². The lowest BCUT2D eigenvalue weighted by molar-refractivity contribution is -0.141. The fourth-order valence-corrected chi connectivity index (χ4v) is 3.65. The van der Waals surface area contributed by atoms with Crippen LogP contribution < -0.4 is 10.5 Å². The summed E-state index contributed by atoms with van der Waals surface area (Å²) in [7, 11) is -1.51. The predicted molar refractivity (Wildman–Crippen MR) is 119 cm³/mol. The Kier molecular flexibility index (Phi) is 11.0. The lowest BCUT2D eigenvalue weighted by Gasteiger charge is -2.31. The quantitative estimate of drug-likeness (QED) is 0.397. The van der Waals surface area contributed by atoms with E-state index in [1.165, 1.54) is 0 Å². The van der Waals surface area contributed by atoms with Crippen LogP contribution in [0.4, 0.5) is 19.0 Å². The molecule has 1 aliphatic heterocycles. The van der Waals surface area contributed by atoms with Gasteiger partial charge in [-0.2, -0.15) is 13.2 Å². The highest BCUT2D eigenvalue weighted by Gasteiger charge is 2.33. The number of nitrogens with one attached hydrogen (secondary N) is 1. The molecule has 14 heteroatoms. The Balaban J connectivity index is 0.000000328. The summed E-state index contributed by atoms with van der Waals surface area (Å²) in [6.07, 6.45) is -4.10. The van der Waals surface area contributed by atoms with Gasteiger partial charge in [0.25, 0.3) is 0 Å². The zero-order valence-electron chi connectivity index (χ0n) is 18.8. The Bertz CT molecular complexity index is 980. The fourth-order valence-electron chi connectivity index (χ4n) is 2.79. The number of nitrogens with zero attached hydrogens (tertiary/aromatic N) is 2. The van der Waals surface area contributed by atoms with Gasteiger partial charge in [-0.1, -0.05) is 6.92 Å². The summed E-state index contributed by atoms with van der Waals surface area (Å²) in [6.45, 7) is 2.78. The number of aliphatic hydroxyl groups is 2. The Morgan fingerprint density at radius 3 is 2.54 bits per heavy atom. The fraction of sp³-hybridized carbons (Fsp3) is 0.476. The normalized spacial score (nSPS) is 20.9. The number of aromatic nitrogens is 2. The lowest BCUT2D eigenvalue weighted by atomic mass is 10.0. The van der Waals surface area contributed by atoms with E-state index in [0.717, 1.165) is 12.6 Å². The standard InChI is InChI=1S/C16H23NO6S.C5H4F3N3/c1-2-8-23-16(20)11-3-5-12(6-4-11)24(21)17-10-14-15(19)13(18)7-9-22-14;6-5(7,8)3-1-10-2-4(9)11-3/h3-6,13-15,17-19H,2,7-10H2,1H3;1-2H,(H2,9,11). The van der Waals surface area contributed by atoms with E-state index < -0.39 is 47.1 Å². The third kappa shape index (κ3) is 9.14. The molecular formula is C21H27F3N4O6S. The zero-order valence-corrected chi connectivity index (χ0v) is 19.6. The first kappa shape index (κ1) is 28.6. The van der Waals surface area contributed by atoms with Gasteiger partial charge in [-0.15, -0.1) is 0 Å². The number of esters is 1. The van der Waals surface area contributed by atoms with Gasteiger partial charge in [0.2, 0.25) is 0 Å². The number of aliphatic hydroxyl groups excluding tert-OH is 2. The molecular weight excluding hydrogens is 493 g/mol. The van der Waals surface area contributed by atoms with Crippen LogP contribution in [0.15, 0.2) is 41.6 Å². The molecule has 35 heavy (non-hydrogen) atoms. The van der Waals surface area contributed by atoms with E-state index in [1.54, 1.807) is 24.3 Å². The van der Waals surface area contributed by atoms with Crippen LogP contribution in [-0.2, 0) is 26.6 Å². The molecule has 10 nitrogen and oxygen atoms in total. The Labute approximate surface area is 202 Å². The Morgan fingerprint density at radius 1 is 1.29 bits per heavy atom. The van der Waals surface area contributed by atoms with Gasteiger partial charge in [0, 0.05) is 13.2 Å².